The molecule has 0 bridgehead atoms. The van der Waals surface area contributed by atoms with Gasteiger partial charge in [-0.3, -0.25) is 14.5 Å². The van der Waals surface area contributed by atoms with Crippen LogP contribution in [0.5, 0.6) is 17.2 Å². The van der Waals surface area contributed by atoms with E-state index < -0.39 is 23.5 Å². The Morgan fingerprint density at radius 2 is 1.71 bits per heavy atom. The lowest BCUT2D eigenvalue weighted by Gasteiger charge is -2.26. The first-order valence-corrected chi connectivity index (χ1v) is 11.4. The van der Waals surface area contributed by atoms with E-state index in [-0.39, 0.29) is 22.6 Å². The molecule has 1 saturated heterocycles. The molecule has 3 aromatic carbocycles. The number of carbonyl (C=O) groups excluding carboxylic acids is 2. The molecule has 7 nitrogen and oxygen atoms in total. The number of aliphatic hydroxyl groups is 1. The number of methoxy groups -OCH3 is 1. The van der Waals surface area contributed by atoms with E-state index in [9.17, 15) is 19.8 Å². The first-order valence-electron chi connectivity index (χ1n) is 10.6. The van der Waals surface area contributed by atoms with Crippen molar-refractivity contribution in [1.29, 1.82) is 0 Å². The molecule has 0 saturated carbocycles. The zero-order chi connectivity index (χ0) is 25.3. The second-order valence-electron chi connectivity index (χ2n) is 7.66. The van der Waals surface area contributed by atoms with E-state index in [0.29, 0.717) is 33.7 Å². The molecule has 3 aromatic rings. The number of Topliss-reactive ketones (excluding diaryl/α,β-unsaturated/α-hetero) is 1. The van der Waals surface area contributed by atoms with Crippen LogP contribution >= 0.6 is 23.2 Å². The van der Waals surface area contributed by atoms with Crippen LogP contribution in [0.15, 0.2) is 66.2 Å². The van der Waals surface area contributed by atoms with E-state index in [1.807, 2.05) is 0 Å². The second-order valence-corrected chi connectivity index (χ2v) is 8.50. The number of aliphatic hydroxyl groups excluding tert-OH is 1. The summed E-state index contributed by atoms with van der Waals surface area (Å²) < 4.78 is 10.6. The summed E-state index contributed by atoms with van der Waals surface area (Å²) in [6, 6.07) is 14.4. The van der Waals surface area contributed by atoms with Crippen molar-refractivity contribution in [3.63, 3.8) is 0 Å². The molecule has 35 heavy (non-hydrogen) atoms. The van der Waals surface area contributed by atoms with Gasteiger partial charge in [0.1, 0.15) is 11.5 Å². The summed E-state index contributed by atoms with van der Waals surface area (Å²) in [5.41, 5.74) is 0.869. The fourth-order valence-electron chi connectivity index (χ4n) is 3.97. The Morgan fingerprint density at radius 1 is 1.00 bits per heavy atom. The van der Waals surface area contributed by atoms with Gasteiger partial charge in [0.05, 0.1) is 30.4 Å². The average molecular weight is 514 g/mol. The molecular formula is C26H21Cl2NO6. The van der Waals surface area contributed by atoms with Crippen molar-refractivity contribution in [3.8, 4) is 17.2 Å². The smallest absolute Gasteiger partial charge is 0.300 e. The van der Waals surface area contributed by atoms with Crippen LogP contribution < -0.4 is 14.4 Å². The Hall–Kier alpha value is -3.68. The second kappa shape index (κ2) is 9.90. The molecular weight excluding hydrogens is 493 g/mol. The number of anilines is 1. The van der Waals surface area contributed by atoms with Gasteiger partial charge in [-0.05, 0) is 67.1 Å². The average Bonchev–Trinajstić information content (AvgIpc) is 3.11. The number of nitrogens with zero attached hydrogens (tertiary/aromatic N) is 1. The quantitative estimate of drug-likeness (QED) is 0.248. The minimum Gasteiger partial charge on any atom is -0.507 e. The summed E-state index contributed by atoms with van der Waals surface area (Å²) in [5.74, 6) is -1.77. The third kappa shape index (κ3) is 4.52. The fraction of sp³-hybridized carbons (Fsp3) is 0.154. The Balaban J connectivity index is 1.94. The molecule has 1 heterocycles. The summed E-state index contributed by atoms with van der Waals surface area (Å²) in [6.45, 7) is 2.13. The van der Waals surface area contributed by atoms with Gasteiger partial charge in [0, 0.05) is 16.3 Å². The number of phenols is 1. The van der Waals surface area contributed by atoms with Gasteiger partial charge in [-0.2, -0.15) is 0 Å². The molecule has 0 radical (unpaired) electrons. The topological polar surface area (TPSA) is 96.3 Å². The molecule has 1 aliphatic rings. The number of phenolic OH excluding ortho intramolecular Hbond substituents is 1. The molecule has 1 atom stereocenters. The number of hydrogen-bond acceptors (Lipinski definition) is 6. The highest BCUT2D eigenvalue weighted by atomic mass is 35.5. The van der Waals surface area contributed by atoms with Crippen molar-refractivity contribution in [1.82, 2.24) is 0 Å². The summed E-state index contributed by atoms with van der Waals surface area (Å²) in [6.07, 6.45) is 0. The van der Waals surface area contributed by atoms with Crippen LogP contribution in [0, 0.1) is 0 Å². The number of ketones is 1. The van der Waals surface area contributed by atoms with E-state index in [1.54, 1.807) is 37.3 Å². The van der Waals surface area contributed by atoms with Crippen molar-refractivity contribution in [3.05, 3.63) is 87.4 Å². The van der Waals surface area contributed by atoms with Gasteiger partial charge < -0.3 is 19.7 Å². The third-order valence-electron chi connectivity index (χ3n) is 5.57. The molecule has 1 amide bonds. The third-order valence-corrected chi connectivity index (χ3v) is 6.14. The zero-order valence-corrected chi connectivity index (χ0v) is 20.3. The predicted octanol–water partition coefficient (Wildman–Crippen LogP) is 5.73. The largest absolute Gasteiger partial charge is 0.507 e. The number of aromatic hydroxyl groups is 1. The van der Waals surface area contributed by atoms with E-state index in [1.165, 1.54) is 42.3 Å². The number of hydrogen-bond donors (Lipinski definition) is 2. The lowest BCUT2D eigenvalue weighted by molar-refractivity contribution is -0.132. The Labute approximate surface area is 211 Å². The van der Waals surface area contributed by atoms with Gasteiger partial charge in [0.15, 0.2) is 11.5 Å². The van der Waals surface area contributed by atoms with Crippen LogP contribution in [0.2, 0.25) is 10.0 Å². The van der Waals surface area contributed by atoms with Crippen LogP contribution in [0.4, 0.5) is 5.69 Å². The number of halogens is 2. The first-order chi connectivity index (χ1) is 16.8. The fourth-order valence-corrected chi connectivity index (χ4v) is 4.26. The zero-order valence-electron chi connectivity index (χ0n) is 18.8. The number of rotatable bonds is 6. The molecule has 9 heteroatoms. The predicted molar refractivity (Wildman–Crippen MR) is 134 cm³/mol. The van der Waals surface area contributed by atoms with Gasteiger partial charge in [-0.25, -0.2) is 0 Å². The highest BCUT2D eigenvalue weighted by Crippen LogP contribution is 2.44. The summed E-state index contributed by atoms with van der Waals surface area (Å²) in [4.78, 5) is 27.7. The Bertz CT molecular complexity index is 1340. The number of amides is 1. The molecule has 0 spiro atoms. The maximum absolute atomic E-state index is 13.3. The van der Waals surface area contributed by atoms with E-state index in [4.69, 9.17) is 32.7 Å². The van der Waals surface area contributed by atoms with E-state index >= 15 is 0 Å². The van der Waals surface area contributed by atoms with Crippen molar-refractivity contribution in [2.75, 3.05) is 18.6 Å². The van der Waals surface area contributed by atoms with Crippen LogP contribution in [0.3, 0.4) is 0 Å². The molecule has 180 valence electrons. The molecule has 0 aliphatic carbocycles. The number of benzene rings is 3. The highest BCUT2D eigenvalue weighted by molar-refractivity contribution is 6.51. The van der Waals surface area contributed by atoms with Crippen molar-refractivity contribution in [2.45, 2.75) is 13.0 Å². The first kappa shape index (κ1) is 24.4. The highest BCUT2D eigenvalue weighted by Gasteiger charge is 2.47. The lowest BCUT2D eigenvalue weighted by Crippen LogP contribution is -2.29. The van der Waals surface area contributed by atoms with E-state index in [2.05, 4.69) is 0 Å². The standard InChI is InChI=1S/C26H21Cl2NO6/c1-3-35-21-13-15(4-10-18(21)28)24(31)22-23(14-5-11-20(34-2)19(30)12-14)29(26(33)25(22)32)17-8-6-16(27)7-9-17/h4-13,23,30-31H,3H2,1-2H3/b24-22-. The summed E-state index contributed by atoms with van der Waals surface area (Å²) in [7, 11) is 1.41. The molecule has 4 rings (SSSR count). The van der Waals surface area contributed by atoms with Crippen LogP contribution in [0.1, 0.15) is 24.1 Å². The van der Waals surface area contributed by atoms with Gasteiger partial charge in [0.2, 0.25) is 0 Å². The van der Waals surface area contributed by atoms with Crippen molar-refractivity contribution < 1.29 is 29.3 Å². The molecule has 1 aliphatic heterocycles. The summed E-state index contributed by atoms with van der Waals surface area (Å²) in [5, 5.41) is 22.5. The molecule has 2 N–H and O–H groups in total. The maximum atomic E-state index is 13.3. The Morgan fingerprint density at radius 3 is 2.34 bits per heavy atom. The molecule has 1 fully saturated rings. The number of ether oxygens (including phenoxy) is 2. The van der Waals surface area contributed by atoms with Crippen LogP contribution in [-0.2, 0) is 9.59 Å². The monoisotopic (exact) mass is 513 g/mol. The SMILES string of the molecule is CCOc1cc(/C(O)=C2/C(=O)C(=O)N(c3ccc(Cl)cc3)C2c2ccc(OC)c(O)c2)ccc1Cl. The molecule has 1 unspecified atom stereocenters. The van der Waals surface area contributed by atoms with Crippen LogP contribution in [-0.4, -0.2) is 35.6 Å². The Kier molecular flexibility index (Phi) is 6.91. The van der Waals surface area contributed by atoms with Gasteiger partial charge >= 0.3 is 0 Å². The van der Waals surface area contributed by atoms with Gasteiger partial charge in [-0.15, -0.1) is 0 Å². The van der Waals surface area contributed by atoms with Crippen LogP contribution in [0.25, 0.3) is 5.76 Å². The molecule has 0 aromatic heterocycles. The minimum atomic E-state index is -1.04. The normalized spacial score (nSPS) is 17.0. The van der Waals surface area contributed by atoms with Crippen molar-refractivity contribution in [2.24, 2.45) is 0 Å². The minimum absolute atomic E-state index is 0.153. The summed E-state index contributed by atoms with van der Waals surface area (Å²) >= 11 is 12.2. The number of carbonyl (C=O) groups is 2. The van der Waals surface area contributed by atoms with Crippen molar-refractivity contribution >= 4 is 46.3 Å². The lowest BCUT2D eigenvalue weighted by atomic mass is 9.94. The van der Waals surface area contributed by atoms with Gasteiger partial charge in [-0.1, -0.05) is 29.3 Å². The van der Waals surface area contributed by atoms with E-state index in [0.717, 1.165) is 0 Å². The maximum Gasteiger partial charge on any atom is 0.300 e. The van der Waals surface area contributed by atoms with Gasteiger partial charge in [0.25, 0.3) is 11.7 Å².